The lowest BCUT2D eigenvalue weighted by Crippen LogP contribution is -2.47. The van der Waals surface area contributed by atoms with Crippen molar-refractivity contribution in [2.45, 2.75) is 19.5 Å². The summed E-state index contributed by atoms with van der Waals surface area (Å²) in [5.41, 5.74) is 6.33. The second kappa shape index (κ2) is 4.58. The average molecular weight is 256 g/mol. The summed E-state index contributed by atoms with van der Waals surface area (Å²) in [6, 6.07) is -0.0857. The summed E-state index contributed by atoms with van der Waals surface area (Å²) in [6.45, 7) is 2.73. The van der Waals surface area contributed by atoms with E-state index in [1.54, 1.807) is 12.4 Å². The van der Waals surface area contributed by atoms with Crippen LogP contribution in [0.25, 0.3) is 0 Å². The van der Waals surface area contributed by atoms with E-state index in [2.05, 4.69) is 9.97 Å². The Morgan fingerprint density at radius 3 is 2.65 bits per heavy atom. The molecule has 0 spiro atoms. The molecule has 2 rings (SSSR count). The van der Waals surface area contributed by atoms with E-state index in [-0.39, 0.29) is 17.5 Å². The summed E-state index contributed by atoms with van der Waals surface area (Å²) in [6.07, 6.45) is 3.36. The molecule has 1 unspecified atom stereocenters. The zero-order chi connectivity index (χ0) is 12.5. The molecule has 1 aliphatic rings. The Hall–Kier alpha value is -1.21. The van der Waals surface area contributed by atoms with Gasteiger partial charge in [-0.15, -0.1) is 0 Å². The van der Waals surface area contributed by atoms with E-state index in [9.17, 15) is 8.42 Å². The minimum Gasteiger partial charge on any atom is -0.336 e. The lowest BCUT2D eigenvalue weighted by molar-refractivity contribution is 0.564. The van der Waals surface area contributed by atoms with Gasteiger partial charge >= 0.3 is 0 Å². The Morgan fingerprint density at radius 2 is 2.12 bits per heavy atom. The molecule has 0 saturated carbocycles. The van der Waals surface area contributed by atoms with Gasteiger partial charge < -0.3 is 10.6 Å². The van der Waals surface area contributed by atoms with Crippen molar-refractivity contribution in [1.82, 2.24) is 9.97 Å². The van der Waals surface area contributed by atoms with E-state index in [4.69, 9.17) is 5.73 Å². The smallest absolute Gasteiger partial charge is 0.225 e. The highest BCUT2D eigenvalue weighted by molar-refractivity contribution is 7.91. The molecule has 1 atom stereocenters. The molecule has 0 radical (unpaired) electrons. The van der Waals surface area contributed by atoms with Crippen LogP contribution in [-0.4, -0.2) is 42.5 Å². The van der Waals surface area contributed by atoms with Gasteiger partial charge in [0.15, 0.2) is 9.84 Å². The molecule has 1 saturated heterocycles. The summed E-state index contributed by atoms with van der Waals surface area (Å²) >= 11 is 0. The zero-order valence-corrected chi connectivity index (χ0v) is 10.5. The van der Waals surface area contributed by atoms with Gasteiger partial charge in [0.1, 0.15) is 0 Å². The fraction of sp³-hybridized carbons (Fsp3) is 0.600. The monoisotopic (exact) mass is 256 g/mol. The molecule has 1 fully saturated rings. The van der Waals surface area contributed by atoms with Gasteiger partial charge in [0.2, 0.25) is 5.95 Å². The molecular weight excluding hydrogens is 240 g/mol. The maximum absolute atomic E-state index is 11.5. The fourth-order valence-corrected chi connectivity index (χ4v) is 3.45. The van der Waals surface area contributed by atoms with Crippen molar-refractivity contribution in [2.24, 2.45) is 5.73 Å². The van der Waals surface area contributed by atoms with Crippen LogP contribution in [0.15, 0.2) is 12.4 Å². The fourth-order valence-electron chi connectivity index (χ4n) is 1.90. The number of hydrogen-bond acceptors (Lipinski definition) is 6. The number of nitrogens with two attached hydrogens (primary N) is 1. The van der Waals surface area contributed by atoms with E-state index < -0.39 is 9.84 Å². The van der Waals surface area contributed by atoms with Gasteiger partial charge in [-0.1, -0.05) is 0 Å². The second-order valence-electron chi connectivity index (χ2n) is 4.25. The molecule has 2 N–H and O–H groups in total. The molecule has 0 aliphatic carbocycles. The number of nitrogens with zero attached hydrogens (tertiary/aromatic N) is 3. The van der Waals surface area contributed by atoms with Crippen molar-refractivity contribution in [1.29, 1.82) is 0 Å². The summed E-state index contributed by atoms with van der Waals surface area (Å²) in [7, 11) is -2.90. The van der Waals surface area contributed by atoms with Crippen LogP contribution in [-0.2, 0) is 16.4 Å². The largest absolute Gasteiger partial charge is 0.336 e. The third-order valence-electron chi connectivity index (χ3n) is 2.85. The van der Waals surface area contributed by atoms with Crippen LogP contribution < -0.4 is 10.6 Å². The minimum atomic E-state index is -2.90. The summed E-state index contributed by atoms with van der Waals surface area (Å²) < 4.78 is 22.9. The molecule has 94 valence electrons. The van der Waals surface area contributed by atoms with E-state index in [1.165, 1.54) is 0 Å². The average Bonchev–Trinajstić information content (AvgIpc) is 2.28. The van der Waals surface area contributed by atoms with Crippen molar-refractivity contribution in [2.75, 3.05) is 23.0 Å². The summed E-state index contributed by atoms with van der Waals surface area (Å²) in [4.78, 5) is 10.3. The molecule has 1 aromatic heterocycles. The molecule has 2 heterocycles. The number of sulfone groups is 1. The van der Waals surface area contributed by atoms with Crippen LogP contribution in [0.1, 0.15) is 12.5 Å². The highest BCUT2D eigenvalue weighted by Gasteiger charge is 2.29. The van der Waals surface area contributed by atoms with Gasteiger partial charge in [-0.25, -0.2) is 18.4 Å². The van der Waals surface area contributed by atoms with Crippen molar-refractivity contribution >= 4 is 15.8 Å². The van der Waals surface area contributed by atoms with Gasteiger partial charge in [-0.2, -0.15) is 0 Å². The summed E-state index contributed by atoms with van der Waals surface area (Å²) in [5.74, 6) is 0.901. The highest BCUT2D eigenvalue weighted by atomic mass is 32.2. The van der Waals surface area contributed by atoms with Gasteiger partial charge in [0.05, 0.1) is 11.5 Å². The van der Waals surface area contributed by atoms with Crippen molar-refractivity contribution in [3.63, 3.8) is 0 Å². The first kappa shape index (κ1) is 12.3. The van der Waals surface area contributed by atoms with E-state index >= 15 is 0 Å². The second-order valence-corrected chi connectivity index (χ2v) is 6.48. The molecule has 1 aliphatic heterocycles. The van der Waals surface area contributed by atoms with Crippen LogP contribution in [0.5, 0.6) is 0 Å². The van der Waals surface area contributed by atoms with Crippen molar-refractivity contribution in [3.8, 4) is 0 Å². The Kier molecular flexibility index (Phi) is 3.30. The van der Waals surface area contributed by atoms with Crippen molar-refractivity contribution in [3.05, 3.63) is 18.0 Å². The number of hydrogen-bond donors (Lipinski definition) is 1. The molecule has 1 aromatic rings. The maximum atomic E-state index is 11.5. The quantitative estimate of drug-likeness (QED) is 0.771. The van der Waals surface area contributed by atoms with Gasteiger partial charge in [0, 0.05) is 37.1 Å². The predicted octanol–water partition coefficient (Wildman–Crippen LogP) is -0.441. The highest BCUT2D eigenvalue weighted by Crippen LogP contribution is 2.17. The Morgan fingerprint density at radius 1 is 1.47 bits per heavy atom. The maximum Gasteiger partial charge on any atom is 0.225 e. The molecule has 17 heavy (non-hydrogen) atoms. The van der Waals surface area contributed by atoms with Crippen LogP contribution in [0.4, 0.5) is 5.95 Å². The van der Waals surface area contributed by atoms with E-state index in [0.717, 1.165) is 5.56 Å². The van der Waals surface area contributed by atoms with Crippen LogP contribution in [0.2, 0.25) is 0 Å². The Balaban J connectivity index is 2.17. The van der Waals surface area contributed by atoms with Crippen LogP contribution >= 0.6 is 0 Å². The topological polar surface area (TPSA) is 89.2 Å². The minimum absolute atomic E-state index is 0.0857. The normalized spacial score (nSPS) is 23.6. The summed E-state index contributed by atoms with van der Waals surface area (Å²) in [5, 5.41) is 0. The lowest BCUT2D eigenvalue weighted by Gasteiger charge is -2.33. The molecule has 0 bridgehead atoms. The van der Waals surface area contributed by atoms with Gasteiger partial charge in [-0.05, 0) is 6.92 Å². The van der Waals surface area contributed by atoms with Crippen molar-refractivity contribution < 1.29 is 8.42 Å². The lowest BCUT2D eigenvalue weighted by atomic mass is 10.3. The number of anilines is 1. The molecule has 7 heteroatoms. The number of rotatable bonds is 2. The van der Waals surface area contributed by atoms with Crippen LogP contribution in [0.3, 0.4) is 0 Å². The first-order valence-electron chi connectivity index (χ1n) is 5.50. The standard InChI is InChI=1S/C10H16N4O2S/c1-8-7-17(15,16)3-2-14(8)10-12-5-9(4-11)6-13-10/h5-6,8H,2-4,7,11H2,1H3. The first-order valence-corrected chi connectivity index (χ1v) is 7.32. The third-order valence-corrected chi connectivity index (χ3v) is 4.65. The molecule has 0 aromatic carbocycles. The predicted molar refractivity (Wildman–Crippen MR) is 65.4 cm³/mol. The molecular formula is C10H16N4O2S. The number of aromatic nitrogens is 2. The Labute approximate surface area is 101 Å². The SMILES string of the molecule is CC1CS(=O)(=O)CCN1c1ncc(CN)cn1. The van der Waals surface area contributed by atoms with E-state index in [1.807, 2.05) is 11.8 Å². The zero-order valence-electron chi connectivity index (χ0n) is 9.70. The molecule has 6 nitrogen and oxygen atoms in total. The van der Waals surface area contributed by atoms with Crippen LogP contribution in [0, 0.1) is 0 Å². The molecule has 0 amide bonds. The van der Waals surface area contributed by atoms with Gasteiger partial charge in [-0.3, -0.25) is 0 Å². The Bertz CT molecular complexity index is 486. The first-order chi connectivity index (χ1) is 8.02. The van der Waals surface area contributed by atoms with Gasteiger partial charge in [0.25, 0.3) is 0 Å². The third kappa shape index (κ3) is 2.73. The van der Waals surface area contributed by atoms with E-state index in [0.29, 0.717) is 19.0 Å².